The Bertz CT molecular complexity index is 1010. The van der Waals surface area contributed by atoms with Crippen LogP contribution in [-0.4, -0.2) is 30.7 Å². The second-order valence-corrected chi connectivity index (χ2v) is 8.03. The van der Waals surface area contributed by atoms with Crippen LogP contribution in [0, 0.1) is 16.7 Å². The normalized spacial score (nSPS) is 19.0. The lowest BCUT2D eigenvalue weighted by Crippen LogP contribution is -2.26. The van der Waals surface area contributed by atoms with Gasteiger partial charge < -0.3 is 16.0 Å². The van der Waals surface area contributed by atoms with E-state index in [-0.39, 0.29) is 6.04 Å². The summed E-state index contributed by atoms with van der Waals surface area (Å²) < 4.78 is 0. The Morgan fingerprint density at radius 2 is 2.10 bits per heavy atom. The number of nitrogens with two attached hydrogens (primary N) is 1. The summed E-state index contributed by atoms with van der Waals surface area (Å²) in [4.78, 5) is 2.25. The summed E-state index contributed by atoms with van der Waals surface area (Å²) in [6.07, 6.45) is 6.17. The van der Waals surface area contributed by atoms with E-state index in [4.69, 9.17) is 16.4 Å². The van der Waals surface area contributed by atoms with Gasteiger partial charge in [0.05, 0.1) is 23.4 Å². The number of benzene rings is 2. The molecule has 0 bridgehead atoms. The number of nitrogens with zero attached hydrogens (tertiary/aromatic N) is 2. The van der Waals surface area contributed by atoms with Crippen molar-refractivity contribution in [3.05, 3.63) is 70.3 Å². The first-order valence-corrected chi connectivity index (χ1v) is 10.2. The van der Waals surface area contributed by atoms with E-state index in [9.17, 15) is 0 Å². The predicted molar refractivity (Wildman–Crippen MR) is 118 cm³/mol. The molecule has 1 aliphatic carbocycles. The van der Waals surface area contributed by atoms with Crippen LogP contribution in [0.25, 0.3) is 0 Å². The van der Waals surface area contributed by atoms with Crippen LogP contribution in [-0.2, 0) is 6.42 Å². The number of nitrogens with one attached hydrogen (secondary N) is 2. The van der Waals surface area contributed by atoms with Gasteiger partial charge in [-0.3, -0.25) is 5.41 Å². The Balaban J connectivity index is 1.58. The molecule has 0 saturated carbocycles. The molecule has 1 aliphatic heterocycles. The molecule has 0 aromatic heterocycles. The molecule has 0 radical (unpaired) electrons. The average Bonchev–Trinajstić information content (AvgIpc) is 2.75. The maximum absolute atomic E-state index is 9.17. The highest BCUT2D eigenvalue weighted by Crippen LogP contribution is 2.34. The van der Waals surface area contributed by atoms with Gasteiger partial charge in [0.1, 0.15) is 0 Å². The zero-order valence-corrected chi connectivity index (χ0v) is 16.8. The van der Waals surface area contributed by atoms with Crippen molar-refractivity contribution >= 4 is 17.1 Å². The Hall–Kier alpha value is -3.10. The summed E-state index contributed by atoms with van der Waals surface area (Å²) >= 11 is 0. The van der Waals surface area contributed by atoms with E-state index in [0.29, 0.717) is 11.4 Å². The number of nitrogen functional groups attached to an aromatic ring is 1. The minimum Gasteiger partial charge on any atom is -0.398 e. The molecular weight excluding hydrogens is 358 g/mol. The zero-order valence-electron chi connectivity index (χ0n) is 16.8. The second-order valence-electron chi connectivity index (χ2n) is 8.03. The molecule has 4 rings (SSSR count). The van der Waals surface area contributed by atoms with Gasteiger partial charge in [-0.2, -0.15) is 5.26 Å². The first kappa shape index (κ1) is 19.2. The lowest BCUT2D eigenvalue weighted by molar-refractivity contribution is 0.362. The molecule has 1 heterocycles. The summed E-state index contributed by atoms with van der Waals surface area (Å²) in [5, 5.41) is 21.5. The van der Waals surface area contributed by atoms with E-state index in [2.05, 4.69) is 35.5 Å². The van der Waals surface area contributed by atoms with Gasteiger partial charge in [0, 0.05) is 30.0 Å². The van der Waals surface area contributed by atoms with E-state index >= 15 is 0 Å². The van der Waals surface area contributed by atoms with Gasteiger partial charge in [-0.1, -0.05) is 12.1 Å². The Morgan fingerprint density at radius 1 is 1.24 bits per heavy atom. The molecule has 5 nitrogen and oxygen atoms in total. The molecule has 2 aromatic carbocycles. The molecule has 0 amide bonds. The molecule has 0 fully saturated rings. The number of hydrogen-bond donors (Lipinski definition) is 3. The first-order valence-electron chi connectivity index (χ1n) is 10.2. The number of aryl methyl sites for hydroxylation is 1. The fraction of sp³-hybridized carbons (Fsp3) is 0.333. The molecule has 29 heavy (non-hydrogen) atoms. The Labute approximate surface area is 172 Å². The molecule has 148 valence electrons. The maximum atomic E-state index is 9.17. The van der Waals surface area contributed by atoms with Gasteiger partial charge in [-0.05, 0) is 79.8 Å². The van der Waals surface area contributed by atoms with Gasteiger partial charge in [-0.25, -0.2) is 0 Å². The maximum Gasteiger partial charge on any atom is 0.0991 e. The van der Waals surface area contributed by atoms with E-state index in [0.717, 1.165) is 61.2 Å². The van der Waals surface area contributed by atoms with Crippen LogP contribution in [0.15, 0.2) is 48.0 Å². The van der Waals surface area contributed by atoms with Crippen LogP contribution in [0.1, 0.15) is 47.6 Å². The summed E-state index contributed by atoms with van der Waals surface area (Å²) in [5.74, 6) is 0. The zero-order chi connectivity index (χ0) is 20.4. The number of hydrogen-bond acceptors (Lipinski definition) is 5. The topological polar surface area (TPSA) is 88.9 Å². The molecule has 0 saturated heterocycles. The van der Waals surface area contributed by atoms with Crippen LogP contribution in [0.2, 0.25) is 0 Å². The van der Waals surface area contributed by atoms with E-state index in [1.165, 1.54) is 11.1 Å². The lowest BCUT2D eigenvalue weighted by Gasteiger charge is -2.28. The molecule has 5 heteroatoms. The van der Waals surface area contributed by atoms with Crippen LogP contribution in [0.3, 0.4) is 0 Å². The average molecular weight is 386 g/mol. The van der Waals surface area contributed by atoms with Crippen LogP contribution < -0.4 is 11.1 Å². The molecular formula is C24H27N5. The van der Waals surface area contributed by atoms with Crippen LogP contribution in [0.4, 0.5) is 11.4 Å². The third-order valence-electron chi connectivity index (χ3n) is 5.98. The molecule has 1 unspecified atom stereocenters. The molecule has 2 aromatic rings. The summed E-state index contributed by atoms with van der Waals surface area (Å²) in [6.45, 7) is 1.84. The van der Waals surface area contributed by atoms with Crippen molar-refractivity contribution in [2.24, 2.45) is 0 Å². The van der Waals surface area contributed by atoms with Crippen LogP contribution in [0.5, 0.6) is 0 Å². The van der Waals surface area contributed by atoms with Crippen molar-refractivity contribution < 1.29 is 0 Å². The minimum atomic E-state index is 0.208. The lowest BCUT2D eigenvalue weighted by atomic mass is 9.86. The van der Waals surface area contributed by atoms with Crippen LogP contribution >= 0.6 is 0 Å². The van der Waals surface area contributed by atoms with Gasteiger partial charge in [0.15, 0.2) is 0 Å². The van der Waals surface area contributed by atoms with Crippen molar-refractivity contribution in [1.82, 2.24) is 4.90 Å². The minimum absolute atomic E-state index is 0.208. The number of fused-ring (bicyclic) bond motifs is 1. The van der Waals surface area contributed by atoms with Crippen molar-refractivity contribution in [2.75, 3.05) is 31.2 Å². The standard InChI is InChI=1S/C24H27N5/c1-29-11-9-17(10-12-29)24(27)21-14-19(6-8-22(21)26)28-23-4-2-3-18-13-16(15-25)5-7-20(18)23/h5-9,13-14,23,27-28H,2-4,10-12,26H2,1H3. The van der Waals surface area contributed by atoms with Gasteiger partial charge >= 0.3 is 0 Å². The van der Waals surface area contributed by atoms with Gasteiger partial charge in [0.25, 0.3) is 0 Å². The van der Waals surface area contributed by atoms with E-state index < -0.39 is 0 Å². The molecule has 0 spiro atoms. The SMILES string of the molecule is CN1CC=C(C(=N)c2cc(NC3CCCc4cc(C#N)ccc43)ccc2N)CC1. The molecule has 4 N–H and O–H groups in total. The highest BCUT2D eigenvalue weighted by atomic mass is 15.1. The van der Waals surface area contributed by atoms with E-state index in [1.54, 1.807) is 0 Å². The second kappa shape index (κ2) is 8.10. The smallest absolute Gasteiger partial charge is 0.0991 e. The number of anilines is 2. The molecule has 2 aliphatic rings. The first-order chi connectivity index (χ1) is 14.0. The van der Waals surface area contributed by atoms with Crippen molar-refractivity contribution in [1.29, 1.82) is 10.7 Å². The van der Waals surface area contributed by atoms with Crippen molar-refractivity contribution in [2.45, 2.75) is 31.7 Å². The number of nitriles is 1. The number of likely N-dealkylation sites (N-methyl/N-ethyl adjacent to an activating group) is 1. The predicted octanol–water partition coefficient (Wildman–Crippen LogP) is 4.26. The highest BCUT2D eigenvalue weighted by molar-refractivity contribution is 6.14. The third-order valence-corrected chi connectivity index (χ3v) is 5.98. The monoisotopic (exact) mass is 385 g/mol. The number of rotatable bonds is 4. The fourth-order valence-electron chi connectivity index (χ4n) is 4.27. The van der Waals surface area contributed by atoms with E-state index in [1.807, 2.05) is 30.3 Å². The highest BCUT2D eigenvalue weighted by Gasteiger charge is 2.21. The fourth-order valence-corrected chi connectivity index (χ4v) is 4.27. The Morgan fingerprint density at radius 3 is 2.86 bits per heavy atom. The van der Waals surface area contributed by atoms with Gasteiger partial charge in [-0.15, -0.1) is 0 Å². The van der Waals surface area contributed by atoms with Crippen molar-refractivity contribution in [3.63, 3.8) is 0 Å². The largest absolute Gasteiger partial charge is 0.398 e. The summed E-state index contributed by atoms with van der Waals surface area (Å²) in [5.41, 5.74) is 13.5. The van der Waals surface area contributed by atoms with Gasteiger partial charge in [0.2, 0.25) is 0 Å². The third kappa shape index (κ3) is 4.03. The quantitative estimate of drug-likeness (QED) is 0.542. The summed E-state index contributed by atoms with van der Waals surface area (Å²) in [7, 11) is 2.09. The van der Waals surface area contributed by atoms with Crippen molar-refractivity contribution in [3.8, 4) is 6.07 Å². The Kier molecular flexibility index (Phi) is 5.37. The molecule has 1 atom stereocenters. The summed E-state index contributed by atoms with van der Waals surface area (Å²) in [6, 6.07) is 14.3.